The van der Waals surface area contributed by atoms with Gasteiger partial charge in [-0.25, -0.2) is 21.6 Å². The average Bonchev–Trinajstić information content (AvgIpc) is 3.49. The second-order valence-corrected chi connectivity index (χ2v) is 18.9. The SMILES string of the molecule is O=C1CC[C@@H](N2C(=O)c3cccc(NCCCCNCC[C@H](CSc4ccccc4)Nc4ccc(S(=O)(=O)NC(=O)c5ccccc5)cc4S(=O)(=O)C(F)(F)F)c3C2=O)C(=O)N1. The van der Waals surface area contributed by atoms with Gasteiger partial charge in [0, 0.05) is 40.9 Å². The highest BCUT2D eigenvalue weighted by Gasteiger charge is 2.49. The van der Waals surface area contributed by atoms with Crippen LogP contribution in [0.2, 0.25) is 0 Å². The molecule has 6 rings (SSSR count). The number of sulfone groups is 1. The summed E-state index contributed by atoms with van der Waals surface area (Å²) in [4.78, 5) is 62.7. The lowest BCUT2D eigenvalue weighted by Crippen LogP contribution is -2.54. The molecule has 21 heteroatoms. The topological polar surface area (TPSA) is 217 Å². The smallest absolute Gasteiger partial charge is 0.384 e. The predicted molar refractivity (Wildman–Crippen MR) is 224 cm³/mol. The van der Waals surface area contributed by atoms with E-state index < -0.39 is 82.5 Å². The van der Waals surface area contributed by atoms with E-state index in [2.05, 4.69) is 21.3 Å². The number of sulfonamides is 1. The van der Waals surface area contributed by atoms with Crippen LogP contribution in [0, 0.1) is 0 Å². The molecule has 4 aromatic carbocycles. The number of thioether (sulfide) groups is 1. The predicted octanol–water partition coefficient (Wildman–Crippen LogP) is 4.94. The van der Waals surface area contributed by atoms with E-state index in [0.717, 1.165) is 21.9 Å². The van der Waals surface area contributed by atoms with Crippen molar-refractivity contribution in [2.45, 2.75) is 64.4 Å². The van der Waals surface area contributed by atoms with Crippen LogP contribution in [0.15, 0.2) is 112 Å². The molecule has 15 nitrogen and oxygen atoms in total. The zero-order chi connectivity index (χ0) is 44.7. The number of hydrogen-bond acceptors (Lipinski definition) is 13. The fraction of sp³-hybridized carbons (Fsp3) is 0.293. The maximum Gasteiger partial charge on any atom is 0.501 e. The summed E-state index contributed by atoms with van der Waals surface area (Å²) < 4.78 is 95.9. The number of piperidine rings is 1. The van der Waals surface area contributed by atoms with Crippen molar-refractivity contribution >= 4 is 72.5 Å². The van der Waals surface area contributed by atoms with E-state index in [1.807, 2.05) is 30.3 Å². The number of carbonyl (C=O) groups is 5. The van der Waals surface area contributed by atoms with Crippen LogP contribution >= 0.6 is 11.8 Å². The summed E-state index contributed by atoms with van der Waals surface area (Å²) in [6.45, 7) is 1.26. The molecule has 0 unspecified atom stereocenters. The maximum atomic E-state index is 14.0. The van der Waals surface area contributed by atoms with E-state index in [1.165, 1.54) is 42.1 Å². The number of unbranched alkanes of at least 4 members (excludes halogenated alkanes) is 1. The van der Waals surface area contributed by atoms with Crippen LogP contribution in [0.5, 0.6) is 0 Å². The van der Waals surface area contributed by atoms with Crippen molar-refractivity contribution in [1.82, 2.24) is 20.3 Å². The zero-order valence-corrected chi connectivity index (χ0v) is 35.2. The van der Waals surface area contributed by atoms with Crippen LogP contribution in [0.3, 0.4) is 0 Å². The number of carbonyl (C=O) groups excluding carboxylic acids is 5. The van der Waals surface area contributed by atoms with Gasteiger partial charge in [-0.15, -0.1) is 11.8 Å². The van der Waals surface area contributed by atoms with Gasteiger partial charge in [-0.05, 0) is 93.4 Å². The molecule has 2 aliphatic rings. The minimum atomic E-state index is -6.10. The molecule has 1 fully saturated rings. The van der Waals surface area contributed by atoms with Gasteiger partial charge in [-0.2, -0.15) is 13.2 Å². The first-order chi connectivity index (χ1) is 29.5. The molecule has 5 N–H and O–H groups in total. The lowest BCUT2D eigenvalue weighted by Gasteiger charge is -2.27. The first-order valence-electron chi connectivity index (χ1n) is 19.3. The van der Waals surface area contributed by atoms with Gasteiger partial charge >= 0.3 is 5.51 Å². The molecule has 5 amide bonds. The summed E-state index contributed by atoms with van der Waals surface area (Å²) in [5.41, 5.74) is -5.60. The molecule has 0 aliphatic carbocycles. The third-order valence-corrected chi connectivity index (χ3v) is 13.9. The van der Waals surface area contributed by atoms with Crippen LogP contribution in [-0.2, 0) is 29.4 Å². The first-order valence-corrected chi connectivity index (χ1v) is 23.2. The molecule has 0 aromatic heterocycles. The van der Waals surface area contributed by atoms with Crippen molar-refractivity contribution in [1.29, 1.82) is 0 Å². The van der Waals surface area contributed by atoms with Gasteiger partial charge in [-0.3, -0.25) is 34.2 Å². The first kappa shape index (κ1) is 45.7. The number of rotatable bonds is 19. The van der Waals surface area contributed by atoms with Gasteiger partial charge in [0.2, 0.25) is 11.8 Å². The van der Waals surface area contributed by atoms with Crippen molar-refractivity contribution < 1.29 is 54.0 Å². The van der Waals surface area contributed by atoms with E-state index >= 15 is 0 Å². The Morgan fingerprint density at radius 1 is 0.823 bits per heavy atom. The second-order valence-electron chi connectivity index (χ2n) is 14.2. The molecule has 4 aromatic rings. The molecule has 0 radical (unpaired) electrons. The van der Waals surface area contributed by atoms with Gasteiger partial charge in [0.25, 0.3) is 37.6 Å². The summed E-state index contributed by atoms with van der Waals surface area (Å²) in [6.07, 6.45) is 1.58. The normalized spacial score (nSPS) is 16.1. The van der Waals surface area contributed by atoms with Crippen LogP contribution in [0.4, 0.5) is 24.5 Å². The molecule has 0 bridgehead atoms. The zero-order valence-electron chi connectivity index (χ0n) is 32.7. The summed E-state index contributed by atoms with van der Waals surface area (Å²) in [5.74, 6) is -3.21. The van der Waals surface area contributed by atoms with Crippen molar-refractivity contribution in [2.24, 2.45) is 0 Å². The molecule has 0 spiro atoms. The number of fused-ring (bicyclic) bond motifs is 1. The Morgan fingerprint density at radius 2 is 1.52 bits per heavy atom. The molecule has 2 heterocycles. The maximum absolute atomic E-state index is 14.0. The van der Waals surface area contributed by atoms with Crippen molar-refractivity contribution in [3.05, 3.63) is 114 Å². The molecule has 0 saturated carbocycles. The van der Waals surface area contributed by atoms with E-state index in [-0.39, 0.29) is 35.3 Å². The summed E-state index contributed by atoms with van der Waals surface area (Å²) >= 11 is 1.37. The molecular formula is C41H41F3N6O9S3. The number of nitrogens with zero attached hydrogens (tertiary/aromatic N) is 1. The minimum absolute atomic E-state index is 0.00117. The Balaban J connectivity index is 1.08. The Labute approximate surface area is 359 Å². The molecule has 1 saturated heterocycles. The van der Waals surface area contributed by atoms with Crippen molar-refractivity contribution in [3.63, 3.8) is 0 Å². The van der Waals surface area contributed by atoms with Crippen LogP contribution in [0.25, 0.3) is 0 Å². The molecule has 2 atom stereocenters. The second kappa shape index (κ2) is 19.5. The molecule has 2 aliphatic heterocycles. The van der Waals surface area contributed by atoms with Gasteiger partial charge < -0.3 is 16.0 Å². The highest BCUT2D eigenvalue weighted by Crippen LogP contribution is 2.37. The Kier molecular flexibility index (Phi) is 14.4. The van der Waals surface area contributed by atoms with E-state index in [1.54, 1.807) is 22.9 Å². The van der Waals surface area contributed by atoms with E-state index in [9.17, 15) is 54.0 Å². The van der Waals surface area contributed by atoms with Gasteiger partial charge in [0.15, 0.2) is 0 Å². The number of hydrogen-bond donors (Lipinski definition) is 5. The number of benzene rings is 4. The van der Waals surface area contributed by atoms with Gasteiger partial charge in [-0.1, -0.05) is 42.5 Å². The number of amides is 5. The van der Waals surface area contributed by atoms with Crippen LogP contribution in [-0.4, -0.2) is 94.3 Å². The summed E-state index contributed by atoms with van der Waals surface area (Å²) in [7, 11) is -10.9. The van der Waals surface area contributed by atoms with Crippen molar-refractivity contribution in [2.75, 3.05) is 36.0 Å². The summed E-state index contributed by atoms with van der Waals surface area (Å²) in [6, 6.07) is 21.6. The lowest BCUT2D eigenvalue weighted by molar-refractivity contribution is -0.136. The number of anilines is 2. The number of imide groups is 2. The quantitative estimate of drug-likeness (QED) is 0.0479. The van der Waals surface area contributed by atoms with E-state index in [4.69, 9.17) is 0 Å². The number of halogens is 3. The Morgan fingerprint density at radius 3 is 2.21 bits per heavy atom. The molecule has 62 heavy (non-hydrogen) atoms. The summed E-state index contributed by atoms with van der Waals surface area (Å²) in [5, 5.41) is 11.5. The fourth-order valence-electron chi connectivity index (χ4n) is 6.76. The Bertz CT molecular complexity index is 2560. The third kappa shape index (κ3) is 10.6. The molecular weight excluding hydrogens is 874 g/mol. The van der Waals surface area contributed by atoms with E-state index in [0.29, 0.717) is 50.7 Å². The number of nitrogens with one attached hydrogen (secondary N) is 5. The Hall–Kier alpha value is -5.77. The molecule has 328 valence electrons. The fourth-order valence-corrected chi connectivity index (χ4v) is 9.77. The van der Waals surface area contributed by atoms with Gasteiger partial charge in [0.05, 0.1) is 21.7 Å². The van der Waals surface area contributed by atoms with Crippen molar-refractivity contribution in [3.8, 4) is 0 Å². The van der Waals surface area contributed by atoms with Gasteiger partial charge in [0.1, 0.15) is 10.9 Å². The lowest BCUT2D eigenvalue weighted by atomic mass is 10.0. The third-order valence-electron chi connectivity index (χ3n) is 9.91. The largest absolute Gasteiger partial charge is 0.501 e. The number of alkyl halides is 3. The standard InChI is InChI=1S/C41H41F3N6O9S3/c42-41(43,44)61(56,57)34-24-29(62(58,59)49-37(52)26-10-3-1-4-11-26)16-17-31(34)47-27(25-60-28-12-5-2-6-13-28)20-23-45-21-7-8-22-46-32-15-9-14-30-36(32)40(55)50(39(30)54)33-18-19-35(51)48-38(33)53/h1-6,9-17,24,27,33,45-47H,7-8,18-23,25H2,(H,49,52)(H,48,51,53)/t27-,33-/m1/s1. The monoisotopic (exact) mass is 914 g/mol. The minimum Gasteiger partial charge on any atom is -0.384 e. The van der Waals surface area contributed by atoms with Crippen LogP contribution < -0.4 is 26.0 Å². The average molecular weight is 915 g/mol. The highest BCUT2D eigenvalue weighted by atomic mass is 32.2. The highest BCUT2D eigenvalue weighted by molar-refractivity contribution is 7.99. The van der Waals surface area contributed by atoms with Crippen LogP contribution in [0.1, 0.15) is 63.2 Å².